The van der Waals surface area contributed by atoms with Crippen LogP contribution < -0.4 is 5.73 Å². The van der Waals surface area contributed by atoms with Gasteiger partial charge in [-0.15, -0.1) is 0 Å². The van der Waals surface area contributed by atoms with Gasteiger partial charge in [0.1, 0.15) is 11.9 Å². The van der Waals surface area contributed by atoms with Crippen molar-refractivity contribution >= 4 is 17.6 Å². The number of nitrogen functional groups attached to an aromatic ring is 1. The number of thioether (sulfide) groups is 1. The molecular formula is C11H17N3OS. The lowest BCUT2D eigenvalue weighted by molar-refractivity contribution is 0.0694. The lowest BCUT2D eigenvalue weighted by atomic mass is 10.1. The highest BCUT2D eigenvalue weighted by molar-refractivity contribution is 7.99. The van der Waals surface area contributed by atoms with E-state index < -0.39 is 0 Å². The first-order valence-electron chi connectivity index (χ1n) is 5.54. The molecule has 88 valence electrons. The summed E-state index contributed by atoms with van der Waals surface area (Å²) in [7, 11) is 0. The number of anilines is 1. The van der Waals surface area contributed by atoms with Gasteiger partial charge < -0.3 is 10.5 Å². The molecule has 2 rings (SSSR count). The molecule has 0 aliphatic carbocycles. The van der Waals surface area contributed by atoms with Crippen LogP contribution in [0.3, 0.4) is 0 Å². The topological polar surface area (TPSA) is 61.0 Å². The van der Waals surface area contributed by atoms with E-state index in [-0.39, 0.29) is 6.10 Å². The van der Waals surface area contributed by atoms with Crippen molar-refractivity contribution in [3.63, 3.8) is 0 Å². The Bertz CT molecular complexity index is 354. The number of hydrogen-bond donors (Lipinski definition) is 1. The van der Waals surface area contributed by atoms with Gasteiger partial charge in [-0.25, -0.2) is 9.97 Å². The number of aromatic nitrogens is 2. The number of aryl methyl sites for hydroxylation is 1. The molecule has 1 aromatic heterocycles. The number of nitrogens with two attached hydrogens (primary N) is 1. The smallest absolute Gasteiger partial charge is 0.160 e. The van der Waals surface area contributed by atoms with E-state index in [4.69, 9.17) is 10.5 Å². The van der Waals surface area contributed by atoms with Crippen molar-refractivity contribution in [1.29, 1.82) is 0 Å². The van der Waals surface area contributed by atoms with Gasteiger partial charge in [-0.1, -0.05) is 6.92 Å². The molecule has 1 aliphatic heterocycles. The lowest BCUT2D eigenvalue weighted by Crippen LogP contribution is -2.19. The van der Waals surface area contributed by atoms with Crippen LogP contribution in [0.2, 0.25) is 0 Å². The monoisotopic (exact) mass is 239 g/mol. The van der Waals surface area contributed by atoms with Crippen molar-refractivity contribution in [3.8, 4) is 0 Å². The molecule has 1 unspecified atom stereocenters. The van der Waals surface area contributed by atoms with Crippen LogP contribution in [0.5, 0.6) is 0 Å². The van der Waals surface area contributed by atoms with Crippen LogP contribution in [-0.4, -0.2) is 28.1 Å². The van der Waals surface area contributed by atoms with E-state index in [0.717, 1.165) is 41.6 Å². The highest BCUT2D eigenvalue weighted by atomic mass is 32.2. The first-order valence-corrected chi connectivity index (χ1v) is 6.70. The first-order chi connectivity index (χ1) is 7.72. The number of hydrogen-bond acceptors (Lipinski definition) is 5. The minimum atomic E-state index is 0.00524. The fourth-order valence-electron chi connectivity index (χ4n) is 1.86. The minimum Gasteiger partial charge on any atom is -0.383 e. The maximum atomic E-state index is 5.93. The zero-order valence-electron chi connectivity index (χ0n) is 9.69. The van der Waals surface area contributed by atoms with Gasteiger partial charge in [-0.05, 0) is 13.3 Å². The van der Waals surface area contributed by atoms with Gasteiger partial charge >= 0.3 is 0 Å². The van der Waals surface area contributed by atoms with E-state index in [9.17, 15) is 0 Å². The summed E-state index contributed by atoms with van der Waals surface area (Å²) in [6.45, 7) is 4.82. The third-order valence-corrected chi connectivity index (χ3v) is 3.71. The minimum absolute atomic E-state index is 0.00524. The molecule has 0 amide bonds. The van der Waals surface area contributed by atoms with E-state index in [1.165, 1.54) is 0 Å². The van der Waals surface area contributed by atoms with Crippen LogP contribution in [0, 0.1) is 6.92 Å². The molecule has 16 heavy (non-hydrogen) atoms. The average Bonchev–Trinajstić information content (AvgIpc) is 2.30. The van der Waals surface area contributed by atoms with Gasteiger partial charge in [0.15, 0.2) is 5.82 Å². The largest absolute Gasteiger partial charge is 0.383 e. The second-order valence-electron chi connectivity index (χ2n) is 3.82. The molecule has 0 radical (unpaired) electrons. The Morgan fingerprint density at radius 3 is 2.88 bits per heavy atom. The Kier molecular flexibility index (Phi) is 3.66. The Balaban J connectivity index is 2.28. The maximum absolute atomic E-state index is 5.93. The van der Waals surface area contributed by atoms with Crippen molar-refractivity contribution in [3.05, 3.63) is 17.1 Å². The van der Waals surface area contributed by atoms with Crippen molar-refractivity contribution in [1.82, 2.24) is 9.97 Å². The van der Waals surface area contributed by atoms with E-state index in [1.54, 1.807) is 0 Å². The van der Waals surface area contributed by atoms with Gasteiger partial charge in [0.2, 0.25) is 0 Å². The summed E-state index contributed by atoms with van der Waals surface area (Å²) in [4.78, 5) is 8.86. The quantitative estimate of drug-likeness (QED) is 0.851. The third kappa shape index (κ3) is 2.30. The van der Waals surface area contributed by atoms with E-state index >= 15 is 0 Å². The van der Waals surface area contributed by atoms with Crippen LogP contribution in [-0.2, 0) is 11.2 Å². The van der Waals surface area contributed by atoms with Crippen LogP contribution >= 0.6 is 11.8 Å². The summed E-state index contributed by atoms with van der Waals surface area (Å²) >= 11 is 1.87. The molecule has 0 saturated carbocycles. The predicted octanol–water partition coefficient (Wildman–Crippen LogP) is 1.73. The van der Waals surface area contributed by atoms with Crippen LogP contribution in [0.4, 0.5) is 5.82 Å². The Morgan fingerprint density at radius 2 is 2.31 bits per heavy atom. The third-order valence-electron chi connectivity index (χ3n) is 2.72. The molecule has 1 aromatic rings. The van der Waals surface area contributed by atoms with Crippen molar-refractivity contribution < 1.29 is 4.74 Å². The fourth-order valence-corrected chi connectivity index (χ4v) is 2.70. The molecule has 0 spiro atoms. The van der Waals surface area contributed by atoms with Gasteiger partial charge in [0.25, 0.3) is 0 Å². The molecular weight excluding hydrogens is 222 g/mol. The normalized spacial score (nSPS) is 21.0. The molecule has 1 atom stereocenters. The average molecular weight is 239 g/mol. The number of nitrogens with zero attached hydrogens (tertiary/aromatic N) is 2. The van der Waals surface area contributed by atoms with E-state index in [2.05, 4.69) is 16.9 Å². The molecule has 0 bridgehead atoms. The number of ether oxygens (including phenoxy) is 1. The maximum Gasteiger partial charge on any atom is 0.160 e. The summed E-state index contributed by atoms with van der Waals surface area (Å²) in [6.07, 6.45) is 0.878. The highest BCUT2D eigenvalue weighted by Gasteiger charge is 2.20. The summed E-state index contributed by atoms with van der Waals surface area (Å²) < 4.78 is 5.65. The van der Waals surface area contributed by atoms with Gasteiger partial charge in [-0.2, -0.15) is 11.8 Å². The van der Waals surface area contributed by atoms with E-state index in [0.29, 0.717) is 5.82 Å². The second kappa shape index (κ2) is 5.01. The van der Waals surface area contributed by atoms with Crippen molar-refractivity contribution in [2.45, 2.75) is 26.4 Å². The standard InChI is InChI=1S/C11H17N3OS/c1-3-8-7(2)13-11(14-10(8)12)9-6-16-5-4-15-9/h9H,3-6H2,1-2H3,(H2,12,13,14). The molecule has 2 N–H and O–H groups in total. The summed E-state index contributed by atoms with van der Waals surface area (Å²) in [5.74, 6) is 3.31. The molecule has 1 aliphatic rings. The van der Waals surface area contributed by atoms with Gasteiger partial charge in [0.05, 0.1) is 6.61 Å². The van der Waals surface area contributed by atoms with Gasteiger partial charge in [0, 0.05) is 22.8 Å². The first kappa shape index (κ1) is 11.7. The molecule has 2 heterocycles. The molecule has 1 fully saturated rings. The fraction of sp³-hybridized carbons (Fsp3) is 0.636. The Hall–Kier alpha value is -0.810. The molecule has 0 aromatic carbocycles. The van der Waals surface area contributed by atoms with Crippen LogP contribution in [0.15, 0.2) is 0 Å². The summed E-state index contributed by atoms with van der Waals surface area (Å²) in [5.41, 5.74) is 7.95. The Morgan fingerprint density at radius 1 is 1.50 bits per heavy atom. The van der Waals surface area contributed by atoms with Crippen molar-refractivity contribution in [2.24, 2.45) is 0 Å². The van der Waals surface area contributed by atoms with Crippen LogP contribution in [0.25, 0.3) is 0 Å². The zero-order chi connectivity index (χ0) is 11.5. The van der Waals surface area contributed by atoms with Crippen LogP contribution in [0.1, 0.15) is 30.1 Å². The lowest BCUT2D eigenvalue weighted by Gasteiger charge is -2.22. The number of rotatable bonds is 2. The molecule has 5 heteroatoms. The summed E-state index contributed by atoms with van der Waals surface area (Å²) in [6, 6.07) is 0. The SMILES string of the molecule is CCc1c(C)nc(C2CSCCO2)nc1N. The molecule has 4 nitrogen and oxygen atoms in total. The van der Waals surface area contributed by atoms with Crippen molar-refractivity contribution in [2.75, 3.05) is 23.8 Å². The highest BCUT2D eigenvalue weighted by Crippen LogP contribution is 2.26. The predicted molar refractivity (Wildman–Crippen MR) is 66.6 cm³/mol. The zero-order valence-corrected chi connectivity index (χ0v) is 10.5. The second-order valence-corrected chi connectivity index (χ2v) is 4.97. The molecule has 1 saturated heterocycles. The van der Waals surface area contributed by atoms with Gasteiger partial charge in [-0.3, -0.25) is 0 Å². The Labute approximate surface area is 100.0 Å². The summed E-state index contributed by atoms with van der Waals surface area (Å²) in [5, 5.41) is 0. The van der Waals surface area contributed by atoms with E-state index in [1.807, 2.05) is 18.7 Å².